The number of nitrogens with one attached hydrogen (secondary N) is 2. The Bertz CT molecular complexity index is 1510. The normalized spacial score (nSPS) is 27.8. The molecular weight excluding hydrogens is 518 g/mol. The van der Waals surface area contributed by atoms with Crippen LogP contribution in [-0.4, -0.2) is 52.8 Å². The molecule has 4 heterocycles. The molecule has 2 fully saturated rings. The van der Waals surface area contributed by atoms with E-state index in [1.165, 1.54) is 52.8 Å². The van der Waals surface area contributed by atoms with Crippen LogP contribution in [0, 0.1) is 5.41 Å². The van der Waals surface area contributed by atoms with Crippen molar-refractivity contribution in [2.75, 3.05) is 13.1 Å². The lowest BCUT2D eigenvalue weighted by Gasteiger charge is -2.31. The van der Waals surface area contributed by atoms with Crippen LogP contribution >= 0.6 is 0 Å². The molecule has 1 aromatic rings. The van der Waals surface area contributed by atoms with E-state index in [4.69, 9.17) is 5.10 Å². The van der Waals surface area contributed by atoms with E-state index in [1.807, 2.05) is 25.4 Å². The highest BCUT2D eigenvalue weighted by atomic mass is 19.1. The van der Waals surface area contributed by atoms with E-state index in [0.717, 1.165) is 43.4 Å². The van der Waals surface area contributed by atoms with Crippen molar-refractivity contribution < 1.29 is 9.09 Å². The van der Waals surface area contributed by atoms with Crippen molar-refractivity contribution in [2.24, 2.45) is 15.5 Å². The number of aromatic amines is 1. The zero-order chi connectivity index (χ0) is 27.5. The summed E-state index contributed by atoms with van der Waals surface area (Å²) in [5.41, 5.74) is 6.27. The Balaban J connectivity index is 0.000000240. The van der Waals surface area contributed by atoms with Crippen LogP contribution in [0.25, 0.3) is 17.7 Å². The summed E-state index contributed by atoms with van der Waals surface area (Å²) in [5.74, 6) is -0.0325. The molecule has 6 nitrogen and oxygen atoms in total. The molecule has 8 heteroatoms. The number of allylic oxidation sites excluding steroid dienone is 10. The Kier molecular flexibility index (Phi) is 8.78. The fourth-order valence-electron chi connectivity index (χ4n) is 6.45. The lowest BCUT2D eigenvalue weighted by Crippen LogP contribution is -2.44. The number of nitrogens with zero attached hydrogens (tertiary/aromatic N) is 4. The zero-order valence-electron chi connectivity index (χ0n) is 23.9. The van der Waals surface area contributed by atoms with Crippen LogP contribution in [0.1, 0.15) is 64.5 Å². The first-order chi connectivity index (χ1) is 19.6. The molecule has 0 radical (unpaired) electrons. The van der Waals surface area contributed by atoms with Crippen LogP contribution in [-0.2, 0) is 0 Å². The van der Waals surface area contributed by atoms with Gasteiger partial charge >= 0.3 is 0 Å². The molecule has 0 bridgehead atoms. The first-order valence-electron chi connectivity index (χ1n) is 14.7. The van der Waals surface area contributed by atoms with Gasteiger partial charge in [-0.05, 0) is 75.8 Å². The fraction of sp³-hybridized carbons (Fsp3) is 0.424. The molecule has 7 rings (SSSR count). The van der Waals surface area contributed by atoms with Gasteiger partial charge in [-0.25, -0.2) is 4.39 Å². The average Bonchev–Trinajstić information content (AvgIpc) is 3.63. The van der Waals surface area contributed by atoms with Crippen molar-refractivity contribution in [3.05, 3.63) is 81.5 Å². The van der Waals surface area contributed by atoms with Crippen LogP contribution in [0.15, 0.2) is 75.3 Å². The molecule has 3 aliphatic heterocycles. The SMILES string of the molecule is C1=CN=CC=C(c2n[nH]c3c2=CCC(C24C=NN(C5CCCNC5)C2C4)=CC=3)C1.CCC1=C(C)C=CC=C(F)C1.F. The minimum absolute atomic E-state index is 0. The third-order valence-electron chi connectivity index (χ3n) is 8.95. The molecular formula is C33H40F2N6. The highest BCUT2D eigenvalue weighted by molar-refractivity contribution is 5.85. The number of hydrazone groups is 1. The van der Waals surface area contributed by atoms with E-state index >= 15 is 0 Å². The number of hydrogen-bond donors (Lipinski definition) is 2. The standard InChI is InChI=1S/C23H26N6.C10H13F.FH/c1-3-16(9-12-24-10-1)22-19-7-5-17(6-8-20(19)27-28-22)23-13-21(23)29(26-15-23)18-4-2-11-25-14-18;1-3-9-7-10(11)6-4-5-8(9)2;/h1,6-10,12,15,18,21,25,27H,2-5,11,13-14H2;4-6H,3,7H2,1-2H3;1H. The van der Waals surface area contributed by atoms with Crippen LogP contribution in [0.5, 0.6) is 0 Å². The third-order valence-corrected chi connectivity index (χ3v) is 8.95. The lowest BCUT2D eigenvalue weighted by atomic mass is 9.93. The average molecular weight is 559 g/mol. The Morgan fingerprint density at radius 3 is 2.88 bits per heavy atom. The summed E-state index contributed by atoms with van der Waals surface area (Å²) in [6, 6.07) is 1.09. The molecule has 2 N–H and O–H groups in total. The second kappa shape index (κ2) is 12.5. The molecule has 216 valence electrons. The molecule has 0 spiro atoms. The first kappa shape index (κ1) is 28.9. The summed E-state index contributed by atoms with van der Waals surface area (Å²) in [4.78, 5) is 4.21. The van der Waals surface area contributed by atoms with Gasteiger partial charge in [0.25, 0.3) is 0 Å². The molecule has 1 saturated carbocycles. The molecule has 6 aliphatic rings. The maximum Gasteiger partial charge on any atom is 0.104 e. The number of aromatic nitrogens is 2. The van der Waals surface area contributed by atoms with E-state index in [0.29, 0.717) is 18.5 Å². The highest BCUT2D eigenvalue weighted by Crippen LogP contribution is 2.58. The Labute approximate surface area is 240 Å². The van der Waals surface area contributed by atoms with E-state index in [2.05, 4.69) is 69.0 Å². The van der Waals surface area contributed by atoms with Gasteiger partial charge in [-0.2, -0.15) is 10.2 Å². The molecule has 41 heavy (non-hydrogen) atoms. The van der Waals surface area contributed by atoms with E-state index in [9.17, 15) is 4.39 Å². The van der Waals surface area contributed by atoms with Crippen LogP contribution < -0.4 is 15.9 Å². The van der Waals surface area contributed by atoms with Gasteiger partial charge in [0.1, 0.15) is 5.83 Å². The molecule has 1 saturated heterocycles. The first-order valence-corrected chi connectivity index (χ1v) is 14.7. The molecule has 3 atom stereocenters. The predicted molar refractivity (Wildman–Crippen MR) is 165 cm³/mol. The summed E-state index contributed by atoms with van der Waals surface area (Å²) < 4.78 is 12.8. The van der Waals surface area contributed by atoms with Crippen LogP contribution in [0.4, 0.5) is 9.09 Å². The summed E-state index contributed by atoms with van der Waals surface area (Å²) in [6.07, 6.45) is 29.1. The van der Waals surface area contributed by atoms with E-state index < -0.39 is 0 Å². The van der Waals surface area contributed by atoms with Crippen molar-refractivity contribution >= 4 is 30.2 Å². The number of rotatable bonds is 4. The van der Waals surface area contributed by atoms with Crippen LogP contribution in [0.3, 0.4) is 0 Å². The second-order valence-corrected chi connectivity index (χ2v) is 11.4. The Hall–Kier alpha value is -3.65. The smallest absolute Gasteiger partial charge is 0.104 e. The van der Waals surface area contributed by atoms with Gasteiger partial charge in [0.05, 0.1) is 28.5 Å². The lowest BCUT2D eigenvalue weighted by molar-refractivity contribution is 0.167. The minimum Gasteiger partial charge on any atom is -0.315 e. The highest BCUT2D eigenvalue weighted by Gasteiger charge is 2.62. The Morgan fingerprint density at radius 2 is 2.07 bits per heavy atom. The molecule has 3 unspecified atom stereocenters. The number of piperidine rings is 1. The topological polar surface area (TPSA) is 68.7 Å². The van der Waals surface area contributed by atoms with Gasteiger partial charge in [-0.3, -0.25) is 19.8 Å². The minimum atomic E-state index is -0.0325. The van der Waals surface area contributed by atoms with Crippen molar-refractivity contribution in [2.45, 2.75) is 70.9 Å². The van der Waals surface area contributed by atoms with Gasteiger partial charge in [0.2, 0.25) is 0 Å². The second-order valence-electron chi connectivity index (χ2n) is 11.4. The van der Waals surface area contributed by atoms with Crippen molar-refractivity contribution in [1.29, 1.82) is 0 Å². The quantitative estimate of drug-likeness (QED) is 0.536. The maximum absolute atomic E-state index is 12.8. The fourth-order valence-corrected chi connectivity index (χ4v) is 6.45. The summed E-state index contributed by atoms with van der Waals surface area (Å²) in [6.45, 7) is 6.30. The van der Waals surface area contributed by atoms with Crippen LogP contribution in [0.2, 0.25) is 0 Å². The molecule has 1 aromatic heterocycles. The van der Waals surface area contributed by atoms with Gasteiger partial charge in [-0.15, -0.1) is 0 Å². The summed E-state index contributed by atoms with van der Waals surface area (Å²) >= 11 is 0. The van der Waals surface area contributed by atoms with Gasteiger partial charge in [0, 0.05) is 36.8 Å². The van der Waals surface area contributed by atoms with Gasteiger partial charge in [0.15, 0.2) is 0 Å². The number of H-pyrrole nitrogens is 1. The van der Waals surface area contributed by atoms with E-state index in [-0.39, 0.29) is 15.9 Å². The summed E-state index contributed by atoms with van der Waals surface area (Å²) in [7, 11) is 0. The largest absolute Gasteiger partial charge is 0.315 e. The van der Waals surface area contributed by atoms with Gasteiger partial charge in [-0.1, -0.05) is 54.0 Å². The predicted octanol–water partition coefficient (Wildman–Crippen LogP) is 5.16. The molecule has 0 aromatic carbocycles. The number of aliphatic imine (C=N–C) groups is 1. The number of hydrogen-bond acceptors (Lipinski definition) is 5. The van der Waals surface area contributed by atoms with E-state index in [1.54, 1.807) is 6.08 Å². The molecule has 0 amide bonds. The van der Waals surface area contributed by atoms with Crippen molar-refractivity contribution in [3.8, 4) is 0 Å². The number of fused-ring (bicyclic) bond motifs is 2. The van der Waals surface area contributed by atoms with Crippen molar-refractivity contribution in [3.63, 3.8) is 0 Å². The molecule has 3 aliphatic carbocycles. The maximum atomic E-state index is 12.8. The Morgan fingerprint density at radius 1 is 1.17 bits per heavy atom. The van der Waals surface area contributed by atoms with Gasteiger partial charge < -0.3 is 5.32 Å². The zero-order valence-corrected chi connectivity index (χ0v) is 23.9. The third kappa shape index (κ3) is 5.89. The van der Waals surface area contributed by atoms with Crippen molar-refractivity contribution in [1.82, 2.24) is 20.5 Å². The summed E-state index contributed by atoms with van der Waals surface area (Å²) in [5, 5.41) is 20.9. The number of halogens is 2. The monoisotopic (exact) mass is 558 g/mol.